The highest BCUT2D eigenvalue weighted by Gasteiger charge is 2.14. The first-order valence-electron chi connectivity index (χ1n) is 5.54. The van der Waals surface area contributed by atoms with Gasteiger partial charge < -0.3 is 10.5 Å². The van der Waals surface area contributed by atoms with Crippen LogP contribution in [0.25, 0.3) is 0 Å². The Balaban J connectivity index is 2.28. The average molecular weight is 310 g/mol. The first-order valence-corrected chi connectivity index (χ1v) is 5.92. The third kappa shape index (κ3) is 3.18. The Morgan fingerprint density at radius 3 is 2.29 bits per heavy atom. The smallest absolute Gasteiger partial charge is 0.292 e. The molecule has 0 saturated heterocycles. The summed E-state index contributed by atoms with van der Waals surface area (Å²) in [6, 6.07) is 7.53. The SMILES string of the molecule is Nc1cc(Oc2ccc([N+](=O)[O-])cc2Cl)ccc1[N+](=O)[O-]. The predicted molar refractivity (Wildman–Crippen MR) is 75.7 cm³/mol. The van der Waals surface area contributed by atoms with Crippen LogP contribution in [0.2, 0.25) is 5.02 Å². The molecule has 0 aliphatic rings. The van der Waals surface area contributed by atoms with Crippen molar-refractivity contribution in [2.45, 2.75) is 0 Å². The van der Waals surface area contributed by atoms with Crippen molar-refractivity contribution in [1.29, 1.82) is 0 Å². The maximum atomic E-state index is 10.6. The van der Waals surface area contributed by atoms with Gasteiger partial charge in [-0.05, 0) is 12.1 Å². The summed E-state index contributed by atoms with van der Waals surface area (Å²) in [5.41, 5.74) is 5.06. The Hall–Kier alpha value is -2.87. The number of nitro groups is 2. The Labute approximate surface area is 123 Å². The van der Waals surface area contributed by atoms with E-state index in [0.717, 1.165) is 6.07 Å². The van der Waals surface area contributed by atoms with E-state index in [1.807, 2.05) is 0 Å². The molecule has 2 N–H and O–H groups in total. The van der Waals surface area contributed by atoms with Crippen LogP contribution in [0.5, 0.6) is 11.5 Å². The standard InChI is InChI=1S/C12H8ClN3O5/c13-9-5-7(15(17)18)1-4-12(9)21-8-2-3-11(16(19)20)10(14)6-8/h1-6H,14H2. The van der Waals surface area contributed by atoms with Gasteiger partial charge in [0.15, 0.2) is 0 Å². The highest BCUT2D eigenvalue weighted by atomic mass is 35.5. The van der Waals surface area contributed by atoms with E-state index in [4.69, 9.17) is 22.1 Å². The lowest BCUT2D eigenvalue weighted by molar-refractivity contribution is -0.384. The molecule has 0 radical (unpaired) electrons. The number of halogens is 1. The molecule has 8 nitrogen and oxygen atoms in total. The number of anilines is 1. The topological polar surface area (TPSA) is 122 Å². The van der Waals surface area contributed by atoms with Gasteiger partial charge in [-0.3, -0.25) is 20.2 Å². The molecule has 0 atom stereocenters. The molecule has 2 rings (SSSR count). The van der Waals surface area contributed by atoms with Crippen LogP contribution in [-0.4, -0.2) is 9.85 Å². The molecule has 0 fully saturated rings. The molecule has 2 aromatic rings. The third-order valence-electron chi connectivity index (χ3n) is 2.55. The molecule has 2 aromatic carbocycles. The molecule has 0 aromatic heterocycles. The molecule has 9 heteroatoms. The van der Waals surface area contributed by atoms with Gasteiger partial charge in [0.25, 0.3) is 11.4 Å². The van der Waals surface area contributed by atoms with Gasteiger partial charge in [-0.1, -0.05) is 11.6 Å². The number of ether oxygens (including phenoxy) is 1. The molecule has 0 saturated carbocycles. The predicted octanol–water partition coefficient (Wildman–Crippen LogP) is 3.53. The fourth-order valence-corrected chi connectivity index (χ4v) is 1.79. The van der Waals surface area contributed by atoms with E-state index in [1.54, 1.807) is 0 Å². The summed E-state index contributed by atoms with van der Waals surface area (Å²) in [6.45, 7) is 0. The molecule has 0 unspecified atom stereocenters. The maximum absolute atomic E-state index is 10.6. The number of rotatable bonds is 4. The van der Waals surface area contributed by atoms with Gasteiger partial charge in [-0.15, -0.1) is 0 Å². The lowest BCUT2D eigenvalue weighted by Gasteiger charge is -2.08. The number of non-ortho nitro benzene ring substituents is 1. The van der Waals surface area contributed by atoms with E-state index in [9.17, 15) is 20.2 Å². The van der Waals surface area contributed by atoms with Gasteiger partial charge >= 0.3 is 0 Å². The minimum absolute atomic E-state index is 0.0427. The Kier molecular flexibility index (Phi) is 3.90. The second-order valence-corrected chi connectivity index (χ2v) is 4.36. The van der Waals surface area contributed by atoms with Crippen LogP contribution in [0.3, 0.4) is 0 Å². The summed E-state index contributed by atoms with van der Waals surface area (Å²) < 4.78 is 5.40. The van der Waals surface area contributed by atoms with E-state index < -0.39 is 9.85 Å². The minimum Gasteiger partial charge on any atom is -0.456 e. The van der Waals surface area contributed by atoms with E-state index in [0.29, 0.717) is 0 Å². The largest absolute Gasteiger partial charge is 0.456 e. The molecule has 108 valence electrons. The quantitative estimate of drug-likeness (QED) is 0.523. The fourth-order valence-electron chi connectivity index (χ4n) is 1.58. The third-order valence-corrected chi connectivity index (χ3v) is 2.85. The lowest BCUT2D eigenvalue weighted by Crippen LogP contribution is -1.96. The molecule has 0 amide bonds. The minimum atomic E-state index is -0.613. The number of nitro benzene ring substituents is 2. The van der Waals surface area contributed by atoms with Crippen molar-refractivity contribution >= 4 is 28.7 Å². The summed E-state index contributed by atoms with van der Waals surface area (Å²) in [4.78, 5) is 20.0. The average Bonchev–Trinajstić information content (AvgIpc) is 2.40. The Morgan fingerprint density at radius 2 is 1.76 bits per heavy atom. The fraction of sp³-hybridized carbons (Fsp3) is 0. The molecule has 0 bridgehead atoms. The molecular weight excluding hydrogens is 302 g/mol. The number of hydrogen-bond acceptors (Lipinski definition) is 6. The highest BCUT2D eigenvalue weighted by molar-refractivity contribution is 6.32. The monoisotopic (exact) mass is 309 g/mol. The second-order valence-electron chi connectivity index (χ2n) is 3.95. The normalized spacial score (nSPS) is 10.1. The highest BCUT2D eigenvalue weighted by Crippen LogP contribution is 2.34. The summed E-state index contributed by atoms with van der Waals surface area (Å²) in [5.74, 6) is 0.407. The van der Waals surface area contributed by atoms with Crippen molar-refractivity contribution in [1.82, 2.24) is 0 Å². The van der Waals surface area contributed by atoms with Crippen LogP contribution in [0.1, 0.15) is 0 Å². The van der Waals surface area contributed by atoms with Crippen LogP contribution in [-0.2, 0) is 0 Å². The zero-order chi connectivity index (χ0) is 15.6. The van der Waals surface area contributed by atoms with Crippen molar-refractivity contribution in [2.24, 2.45) is 0 Å². The maximum Gasteiger partial charge on any atom is 0.292 e. The first-order chi connectivity index (χ1) is 9.88. The lowest BCUT2D eigenvalue weighted by atomic mass is 10.2. The van der Waals surface area contributed by atoms with Crippen LogP contribution >= 0.6 is 11.6 Å². The van der Waals surface area contributed by atoms with Crippen molar-refractivity contribution in [3.8, 4) is 11.5 Å². The number of nitrogens with two attached hydrogens (primary N) is 1. The van der Waals surface area contributed by atoms with E-state index in [2.05, 4.69) is 0 Å². The van der Waals surface area contributed by atoms with Gasteiger partial charge in [0.05, 0.1) is 14.9 Å². The summed E-state index contributed by atoms with van der Waals surface area (Å²) in [7, 11) is 0. The molecule has 0 heterocycles. The Bertz CT molecular complexity index is 735. The number of nitrogen functional groups attached to an aromatic ring is 1. The molecule has 0 aliphatic heterocycles. The first kappa shape index (κ1) is 14.5. The van der Waals surface area contributed by atoms with Crippen molar-refractivity contribution in [3.63, 3.8) is 0 Å². The zero-order valence-corrected chi connectivity index (χ0v) is 11.1. The zero-order valence-electron chi connectivity index (χ0n) is 10.4. The number of benzene rings is 2. The molecule has 0 spiro atoms. The molecular formula is C12H8ClN3O5. The van der Waals surface area contributed by atoms with Gasteiger partial charge in [0, 0.05) is 24.3 Å². The van der Waals surface area contributed by atoms with Gasteiger partial charge in [0.1, 0.15) is 17.2 Å². The van der Waals surface area contributed by atoms with Crippen LogP contribution < -0.4 is 10.5 Å². The second kappa shape index (κ2) is 5.63. The van der Waals surface area contributed by atoms with E-state index >= 15 is 0 Å². The van der Waals surface area contributed by atoms with Gasteiger partial charge in [0.2, 0.25) is 0 Å². The van der Waals surface area contributed by atoms with Gasteiger partial charge in [-0.25, -0.2) is 0 Å². The molecule has 0 aliphatic carbocycles. The Morgan fingerprint density at radius 1 is 1.05 bits per heavy atom. The van der Waals surface area contributed by atoms with Crippen LogP contribution in [0.4, 0.5) is 17.1 Å². The van der Waals surface area contributed by atoms with E-state index in [-0.39, 0.29) is 33.6 Å². The van der Waals surface area contributed by atoms with Crippen molar-refractivity contribution in [3.05, 3.63) is 61.6 Å². The summed E-state index contributed by atoms with van der Waals surface area (Å²) in [6.07, 6.45) is 0. The van der Waals surface area contributed by atoms with Crippen LogP contribution in [0, 0.1) is 20.2 Å². The number of hydrogen-bond donors (Lipinski definition) is 1. The van der Waals surface area contributed by atoms with Crippen molar-refractivity contribution < 1.29 is 14.6 Å². The van der Waals surface area contributed by atoms with Gasteiger partial charge in [-0.2, -0.15) is 0 Å². The summed E-state index contributed by atoms with van der Waals surface area (Å²) in [5, 5.41) is 21.3. The van der Waals surface area contributed by atoms with E-state index in [1.165, 1.54) is 30.3 Å². The van der Waals surface area contributed by atoms with Crippen molar-refractivity contribution in [2.75, 3.05) is 5.73 Å². The molecule has 21 heavy (non-hydrogen) atoms. The summed E-state index contributed by atoms with van der Waals surface area (Å²) >= 11 is 5.88. The number of nitrogens with zero attached hydrogens (tertiary/aromatic N) is 2. The van der Waals surface area contributed by atoms with Crippen LogP contribution in [0.15, 0.2) is 36.4 Å².